The summed E-state index contributed by atoms with van der Waals surface area (Å²) in [5, 5.41) is 1.48. The number of nitrogens with zero attached hydrogens (tertiary/aromatic N) is 1. The van der Waals surface area contributed by atoms with E-state index in [1.54, 1.807) is 24.3 Å². The van der Waals surface area contributed by atoms with Crippen molar-refractivity contribution in [3.63, 3.8) is 0 Å². The Morgan fingerprint density at radius 1 is 1.13 bits per heavy atom. The number of nitrogens with two attached hydrogens (primary N) is 1. The molecular weight excluding hydrogens is 316 g/mol. The van der Waals surface area contributed by atoms with Gasteiger partial charge in [0.1, 0.15) is 0 Å². The second kappa shape index (κ2) is 6.17. The number of fused-ring (bicyclic) bond motifs is 1. The smallest absolute Gasteiger partial charge is 0.333 e. The van der Waals surface area contributed by atoms with Gasteiger partial charge in [-0.1, -0.05) is 36.4 Å². The van der Waals surface area contributed by atoms with Crippen molar-refractivity contribution < 1.29 is 17.9 Å². The number of benzene rings is 2. The van der Waals surface area contributed by atoms with Crippen molar-refractivity contribution in [2.45, 2.75) is 24.7 Å². The molecule has 1 atom stereocenters. The van der Waals surface area contributed by atoms with Gasteiger partial charge in [-0.15, -0.1) is 0 Å². The van der Waals surface area contributed by atoms with Gasteiger partial charge in [0.2, 0.25) is 0 Å². The molecule has 122 valence electrons. The second-order valence-corrected chi connectivity index (χ2v) is 7.36. The van der Waals surface area contributed by atoms with Crippen LogP contribution in [-0.2, 0) is 14.8 Å². The molecule has 1 saturated heterocycles. The maximum Gasteiger partial charge on any atom is 0.333 e. The summed E-state index contributed by atoms with van der Waals surface area (Å²) in [5.74, 6) is 0. The normalized spacial score (nSPS) is 18.7. The standard InChI is InChI=1S/C16H18N2O4S/c17-16(19)18(23(20,21)15-10-3-4-11-22-15)14-9-5-7-12-6-1-2-8-13(12)14/h1-2,5-9,15H,3-4,10-11H2,(H2,17,19). The van der Waals surface area contributed by atoms with Crippen LogP contribution in [0.2, 0.25) is 0 Å². The Bertz CT molecular complexity index is 824. The highest BCUT2D eigenvalue weighted by Crippen LogP contribution is 2.31. The van der Waals surface area contributed by atoms with Gasteiger partial charge in [-0.2, -0.15) is 4.31 Å². The molecule has 1 heterocycles. The average Bonchev–Trinajstić information content (AvgIpc) is 2.55. The van der Waals surface area contributed by atoms with Gasteiger partial charge >= 0.3 is 6.03 Å². The maximum atomic E-state index is 12.9. The van der Waals surface area contributed by atoms with Crippen LogP contribution in [0.5, 0.6) is 0 Å². The van der Waals surface area contributed by atoms with Crippen LogP contribution in [0.3, 0.4) is 0 Å². The van der Waals surface area contributed by atoms with Crippen LogP contribution >= 0.6 is 0 Å². The van der Waals surface area contributed by atoms with Crippen LogP contribution in [0.1, 0.15) is 19.3 Å². The highest BCUT2D eigenvalue weighted by Gasteiger charge is 2.38. The topological polar surface area (TPSA) is 89.7 Å². The third-order valence-corrected chi connectivity index (χ3v) is 5.83. The van der Waals surface area contributed by atoms with E-state index in [9.17, 15) is 13.2 Å². The van der Waals surface area contributed by atoms with Crippen molar-refractivity contribution in [3.05, 3.63) is 42.5 Å². The van der Waals surface area contributed by atoms with Crippen molar-refractivity contribution in [2.75, 3.05) is 10.9 Å². The van der Waals surface area contributed by atoms with Gasteiger partial charge in [-0.25, -0.2) is 13.2 Å². The number of hydrogen-bond donors (Lipinski definition) is 1. The number of primary amides is 1. The van der Waals surface area contributed by atoms with Gasteiger partial charge in [0.25, 0.3) is 10.0 Å². The first-order valence-corrected chi connectivity index (χ1v) is 8.95. The molecule has 2 amide bonds. The number of hydrogen-bond acceptors (Lipinski definition) is 4. The lowest BCUT2D eigenvalue weighted by molar-refractivity contribution is 0.0661. The van der Waals surface area contributed by atoms with Gasteiger partial charge in [-0.3, -0.25) is 0 Å². The number of sulfonamides is 1. The highest BCUT2D eigenvalue weighted by molar-refractivity contribution is 7.94. The summed E-state index contributed by atoms with van der Waals surface area (Å²) < 4.78 is 31.8. The molecule has 2 aromatic rings. The Morgan fingerprint density at radius 3 is 2.57 bits per heavy atom. The summed E-state index contributed by atoms with van der Waals surface area (Å²) >= 11 is 0. The van der Waals surface area contributed by atoms with Crippen LogP contribution in [0, 0.1) is 0 Å². The Morgan fingerprint density at radius 2 is 1.87 bits per heavy atom. The lowest BCUT2D eigenvalue weighted by Gasteiger charge is -2.29. The molecule has 1 aliphatic heterocycles. The minimum Gasteiger partial charge on any atom is -0.360 e. The monoisotopic (exact) mass is 334 g/mol. The van der Waals surface area contributed by atoms with Gasteiger partial charge in [0, 0.05) is 12.0 Å². The molecule has 0 radical (unpaired) electrons. The number of amides is 2. The largest absolute Gasteiger partial charge is 0.360 e. The SMILES string of the molecule is NC(=O)N(c1cccc2ccccc12)S(=O)(=O)C1CCCCO1. The fourth-order valence-electron chi connectivity index (χ4n) is 2.83. The average molecular weight is 334 g/mol. The third-order valence-electron chi connectivity index (χ3n) is 3.91. The van der Waals surface area contributed by atoms with Crippen molar-refractivity contribution >= 4 is 32.5 Å². The molecule has 0 saturated carbocycles. The van der Waals surface area contributed by atoms with E-state index >= 15 is 0 Å². The van der Waals surface area contributed by atoms with E-state index in [-0.39, 0.29) is 5.69 Å². The number of carbonyl (C=O) groups is 1. The predicted octanol–water partition coefficient (Wildman–Crippen LogP) is 2.58. The van der Waals surface area contributed by atoms with Crippen molar-refractivity contribution in [3.8, 4) is 0 Å². The van der Waals surface area contributed by atoms with Crippen molar-refractivity contribution in [1.82, 2.24) is 0 Å². The molecule has 1 fully saturated rings. The number of rotatable bonds is 3. The van der Waals surface area contributed by atoms with E-state index in [0.29, 0.717) is 22.7 Å². The Kier molecular flexibility index (Phi) is 4.23. The molecule has 0 spiro atoms. The van der Waals surface area contributed by atoms with Gasteiger partial charge in [0.05, 0.1) is 5.69 Å². The van der Waals surface area contributed by atoms with E-state index in [0.717, 1.165) is 18.2 Å². The molecule has 7 heteroatoms. The summed E-state index contributed by atoms with van der Waals surface area (Å²) in [6.07, 6.45) is 1.92. The van der Waals surface area contributed by atoms with Crippen LogP contribution in [0.4, 0.5) is 10.5 Å². The first kappa shape index (κ1) is 15.8. The molecule has 0 aromatic heterocycles. The lowest BCUT2D eigenvalue weighted by atomic mass is 10.1. The number of anilines is 1. The Balaban J connectivity index is 2.13. The molecule has 0 bridgehead atoms. The number of ether oxygens (including phenoxy) is 1. The van der Waals surface area contributed by atoms with Gasteiger partial charge in [-0.05, 0) is 30.7 Å². The molecule has 2 N–H and O–H groups in total. The molecule has 0 aliphatic carbocycles. The molecule has 2 aromatic carbocycles. The fraction of sp³-hybridized carbons (Fsp3) is 0.312. The first-order chi connectivity index (χ1) is 11.0. The quantitative estimate of drug-likeness (QED) is 0.934. The lowest BCUT2D eigenvalue weighted by Crippen LogP contribution is -2.47. The van der Waals surface area contributed by atoms with Gasteiger partial charge in [0.15, 0.2) is 5.44 Å². The van der Waals surface area contributed by atoms with E-state index in [2.05, 4.69) is 0 Å². The van der Waals surface area contributed by atoms with E-state index in [4.69, 9.17) is 10.5 Å². The summed E-state index contributed by atoms with van der Waals surface area (Å²) in [5.41, 5.74) is 4.62. The molecule has 1 aliphatic rings. The van der Waals surface area contributed by atoms with Gasteiger partial charge < -0.3 is 10.5 Å². The third kappa shape index (κ3) is 2.89. The Labute approximate surface area is 134 Å². The summed E-state index contributed by atoms with van der Waals surface area (Å²) in [4.78, 5) is 11.9. The molecule has 23 heavy (non-hydrogen) atoms. The number of urea groups is 1. The second-order valence-electron chi connectivity index (χ2n) is 5.44. The van der Waals surface area contributed by atoms with E-state index < -0.39 is 21.5 Å². The zero-order valence-electron chi connectivity index (χ0n) is 12.5. The van der Waals surface area contributed by atoms with E-state index in [1.165, 1.54) is 0 Å². The summed E-state index contributed by atoms with van der Waals surface area (Å²) in [6, 6.07) is 11.3. The van der Waals surface area contributed by atoms with Crippen LogP contribution < -0.4 is 10.0 Å². The highest BCUT2D eigenvalue weighted by atomic mass is 32.2. The zero-order chi connectivity index (χ0) is 16.4. The van der Waals surface area contributed by atoms with Crippen molar-refractivity contribution in [1.29, 1.82) is 0 Å². The number of carbonyl (C=O) groups excluding carboxylic acids is 1. The first-order valence-electron chi connectivity index (χ1n) is 7.45. The molecule has 1 unspecified atom stereocenters. The molecular formula is C16H18N2O4S. The predicted molar refractivity (Wildman–Crippen MR) is 88.5 cm³/mol. The maximum absolute atomic E-state index is 12.9. The van der Waals surface area contributed by atoms with Crippen LogP contribution in [-0.4, -0.2) is 26.5 Å². The summed E-state index contributed by atoms with van der Waals surface area (Å²) in [7, 11) is -4.03. The van der Waals surface area contributed by atoms with Crippen LogP contribution in [0.15, 0.2) is 42.5 Å². The zero-order valence-corrected chi connectivity index (χ0v) is 13.3. The van der Waals surface area contributed by atoms with Crippen molar-refractivity contribution in [2.24, 2.45) is 5.73 Å². The fourth-order valence-corrected chi connectivity index (χ4v) is 4.48. The Hall–Kier alpha value is -2.12. The summed E-state index contributed by atoms with van der Waals surface area (Å²) in [6.45, 7) is 0.367. The minimum atomic E-state index is -4.03. The molecule has 3 rings (SSSR count). The minimum absolute atomic E-state index is 0.254. The van der Waals surface area contributed by atoms with Crippen LogP contribution in [0.25, 0.3) is 10.8 Å². The molecule has 6 nitrogen and oxygen atoms in total. The van der Waals surface area contributed by atoms with E-state index in [1.807, 2.05) is 18.2 Å².